The van der Waals surface area contributed by atoms with E-state index in [-0.39, 0.29) is 12.3 Å². The highest BCUT2D eigenvalue weighted by Gasteiger charge is 2.24. The maximum absolute atomic E-state index is 12.3. The third-order valence-corrected chi connectivity index (χ3v) is 6.48. The lowest BCUT2D eigenvalue weighted by molar-refractivity contribution is -0.115. The fraction of sp³-hybridized carbons (Fsp3) is 0.333. The predicted molar refractivity (Wildman–Crippen MR) is 131 cm³/mol. The molecule has 2 aromatic heterocycles. The number of fused-ring (bicyclic) bond motifs is 3. The van der Waals surface area contributed by atoms with Gasteiger partial charge >= 0.3 is 0 Å². The lowest BCUT2D eigenvalue weighted by Crippen LogP contribution is -2.51. The molecule has 3 aromatic rings. The second kappa shape index (κ2) is 8.96. The van der Waals surface area contributed by atoms with Crippen LogP contribution in [-0.2, 0) is 11.2 Å². The van der Waals surface area contributed by atoms with Crippen LogP contribution in [0.5, 0.6) is 0 Å². The van der Waals surface area contributed by atoms with E-state index in [0.717, 1.165) is 48.7 Å². The Morgan fingerprint density at radius 3 is 2.91 bits per heavy atom. The van der Waals surface area contributed by atoms with Crippen LogP contribution in [0.1, 0.15) is 19.4 Å². The Kier molecular flexibility index (Phi) is 5.86. The number of anilines is 4. The third-order valence-electron chi connectivity index (χ3n) is 6.24. The summed E-state index contributed by atoms with van der Waals surface area (Å²) in [7, 11) is 0. The largest absolute Gasteiger partial charge is 0.367 e. The summed E-state index contributed by atoms with van der Waals surface area (Å²) in [5.74, 6) is 0.336. The van der Waals surface area contributed by atoms with Crippen LogP contribution in [0, 0.1) is 0 Å². The molecule has 0 bridgehead atoms. The molecule has 2 aliphatic heterocycles. The lowest BCUT2D eigenvalue weighted by Gasteiger charge is -2.40. The zero-order chi connectivity index (χ0) is 22.9. The highest BCUT2D eigenvalue weighted by Crippen LogP contribution is 2.35. The molecule has 1 saturated heterocycles. The summed E-state index contributed by atoms with van der Waals surface area (Å²) in [5.41, 5.74) is 4.85. The first-order valence-electron chi connectivity index (χ1n) is 11.2. The first-order valence-corrected chi connectivity index (χ1v) is 11.5. The van der Waals surface area contributed by atoms with Crippen molar-refractivity contribution >= 4 is 40.5 Å². The molecule has 5 rings (SSSR count). The number of nitrogens with one attached hydrogen (secondary N) is 2. The summed E-state index contributed by atoms with van der Waals surface area (Å²) < 4.78 is 0. The number of carbonyl (C=O) groups excluding carboxylic acids is 1. The van der Waals surface area contributed by atoms with Crippen molar-refractivity contribution in [3.05, 3.63) is 53.4 Å². The van der Waals surface area contributed by atoms with Gasteiger partial charge in [0.25, 0.3) is 0 Å². The van der Waals surface area contributed by atoms with Crippen LogP contribution in [-0.4, -0.2) is 58.0 Å². The molecule has 0 saturated carbocycles. The number of carbonyl (C=O) groups is 1. The van der Waals surface area contributed by atoms with E-state index in [1.54, 1.807) is 24.5 Å². The normalized spacial score (nSPS) is 18.2. The Bertz CT molecular complexity index is 1200. The number of likely N-dealkylation sites (N-methyl/N-ethyl adjacent to an activating group) is 1. The number of hydrogen-bond acceptors (Lipinski definition) is 7. The molecule has 2 N–H and O–H groups in total. The van der Waals surface area contributed by atoms with Crippen molar-refractivity contribution in [3.63, 3.8) is 0 Å². The Labute approximate surface area is 198 Å². The molecule has 170 valence electrons. The molecule has 0 unspecified atom stereocenters. The van der Waals surface area contributed by atoms with Gasteiger partial charge in [-0.15, -0.1) is 0 Å². The molecule has 33 heavy (non-hydrogen) atoms. The van der Waals surface area contributed by atoms with Crippen molar-refractivity contribution in [2.45, 2.75) is 26.3 Å². The van der Waals surface area contributed by atoms with E-state index in [2.05, 4.69) is 50.3 Å². The Hall–Kier alpha value is -3.23. The van der Waals surface area contributed by atoms with Crippen LogP contribution in [0.4, 0.5) is 23.0 Å². The first-order chi connectivity index (χ1) is 16.0. The minimum absolute atomic E-state index is 0.115. The lowest BCUT2D eigenvalue weighted by atomic mass is 10.1. The van der Waals surface area contributed by atoms with Gasteiger partial charge in [0.15, 0.2) is 0 Å². The van der Waals surface area contributed by atoms with Gasteiger partial charge in [-0.3, -0.25) is 14.7 Å². The summed E-state index contributed by atoms with van der Waals surface area (Å²) in [4.78, 5) is 30.8. The molecule has 0 radical (unpaired) electrons. The van der Waals surface area contributed by atoms with Gasteiger partial charge in [-0.25, -0.2) is 9.97 Å². The van der Waals surface area contributed by atoms with E-state index in [4.69, 9.17) is 16.6 Å². The van der Waals surface area contributed by atoms with Gasteiger partial charge in [-0.05, 0) is 37.7 Å². The number of hydrogen-bond donors (Lipinski definition) is 2. The first kappa shape index (κ1) is 21.6. The number of rotatable bonds is 4. The van der Waals surface area contributed by atoms with Crippen LogP contribution in [0.25, 0.3) is 11.3 Å². The van der Waals surface area contributed by atoms with Crippen molar-refractivity contribution in [1.29, 1.82) is 0 Å². The van der Waals surface area contributed by atoms with Gasteiger partial charge in [-0.1, -0.05) is 18.5 Å². The number of pyridine rings is 1. The number of halogens is 1. The van der Waals surface area contributed by atoms with E-state index in [0.29, 0.717) is 28.4 Å². The van der Waals surface area contributed by atoms with Crippen molar-refractivity contribution in [3.8, 4) is 11.3 Å². The fourth-order valence-corrected chi connectivity index (χ4v) is 4.69. The van der Waals surface area contributed by atoms with Gasteiger partial charge in [0, 0.05) is 48.0 Å². The third kappa shape index (κ3) is 4.49. The number of nitrogens with zero attached hydrogens (tertiary/aromatic N) is 5. The van der Waals surface area contributed by atoms with E-state index in [1.807, 2.05) is 12.3 Å². The summed E-state index contributed by atoms with van der Waals surface area (Å²) in [6, 6.07) is 7.99. The molecule has 1 aromatic carbocycles. The van der Waals surface area contributed by atoms with Crippen molar-refractivity contribution < 1.29 is 4.79 Å². The Balaban J connectivity index is 1.41. The zero-order valence-corrected chi connectivity index (χ0v) is 19.4. The zero-order valence-electron chi connectivity index (χ0n) is 18.7. The second-order valence-electron chi connectivity index (χ2n) is 8.46. The Morgan fingerprint density at radius 1 is 1.21 bits per heavy atom. The fourth-order valence-electron chi connectivity index (χ4n) is 4.52. The maximum atomic E-state index is 12.3. The van der Waals surface area contributed by atoms with E-state index >= 15 is 0 Å². The molecular formula is C24H26ClN7O. The van der Waals surface area contributed by atoms with Crippen LogP contribution < -0.4 is 15.5 Å². The highest BCUT2D eigenvalue weighted by molar-refractivity contribution is 6.31. The van der Waals surface area contributed by atoms with E-state index < -0.39 is 0 Å². The molecule has 8 nitrogen and oxygen atoms in total. The van der Waals surface area contributed by atoms with Crippen LogP contribution in [0.2, 0.25) is 5.02 Å². The monoisotopic (exact) mass is 463 g/mol. The summed E-state index contributed by atoms with van der Waals surface area (Å²) in [6.45, 7) is 8.52. The van der Waals surface area contributed by atoms with Crippen LogP contribution in [0.3, 0.4) is 0 Å². The van der Waals surface area contributed by atoms with Crippen LogP contribution >= 0.6 is 11.6 Å². The van der Waals surface area contributed by atoms with E-state index in [9.17, 15) is 4.79 Å². The quantitative estimate of drug-likeness (QED) is 0.605. The summed E-state index contributed by atoms with van der Waals surface area (Å²) in [5, 5.41) is 6.75. The van der Waals surface area contributed by atoms with Gasteiger partial charge in [0.05, 0.1) is 41.6 Å². The SMILES string of the molecule is CCN1CCN(c2cncc(Nc3ncc4c(n3)-c3ccc(Cl)cc3NC(=O)C4)c2)C[C@H]1C. The predicted octanol–water partition coefficient (Wildman–Crippen LogP) is 3.96. The smallest absolute Gasteiger partial charge is 0.228 e. The average molecular weight is 464 g/mol. The molecule has 0 spiro atoms. The number of aromatic nitrogens is 3. The summed E-state index contributed by atoms with van der Waals surface area (Å²) >= 11 is 6.14. The van der Waals surface area contributed by atoms with Gasteiger partial charge in [0.1, 0.15) is 0 Å². The van der Waals surface area contributed by atoms with E-state index in [1.165, 1.54) is 0 Å². The molecule has 2 aliphatic rings. The van der Waals surface area contributed by atoms with Gasteiger partial charge in [-0.2, -0.15) is 0 Å². The minimum Gasteiger partial charge on any atom is -0.367 e. The molecule has 0 aliphatic carbocycles. The molecule has 1 atom stereocenters. The van der Waals surface area contributed by atoms with Crippen LogP contribution in [0.15, 0.2) is 42.9 Å². The number of piperazine rings is 1. The highest BCUT2D eigenvalue weighted by atomic mass is 35.5. The van der Waals surface area contributed by atoms with Crippen molar-refractivity contribution in [2.24, 2.45) is 0 Å². The van der Waals surface area contributed by atoms with Gasteiger partial charge in [0.2, 0.25) is 11.9 Å². The summed E-state index contributed by atoms with van der Waals surface area (Å²) in [6.07, 6.45) is 5.58. The molecule has 4 heterocycles. The maximum Gasteiger partial charge on any atom is 0.228 e. The topological polar surface area (TPSA) is 86.3 Å². The van der Waals surface area contributed by atoms with Crippen molar-refractivity contribution in [1.82, 2.24) is 19.9 Å². The number of benzene rings is 1. The standard InChI is InChI=1S/C24H26ClN7O/c1-3-31-6-7-32(14-15(31)2)19-10-18(12-26-13-19)28-24-27-11-16-8-22(33)29-21-9-17(25)4-5-20(21)23(16)30-24/h4-5,9-13,15H,3,6-8,14H2,1-2H3,(H,29,33)(H,27,28,30)/t15-/m1/s1. The molecule has 1 fully saturated rings. The molecule has 1 amide bonds. The van der Waals surface area contributed by atoms with Crippen molar-refractivity contribution in [2.75, 3.05) is 41.7 Å². The Morgan fingerprint density at radius 2 is 2.09 bits per heavy atom. The molecular weight excluding hydrogens is 438 g/mol. The number of amides is 1. The minimum atomic E-state index is -0.115. The van der Waals surface area contributed by atoms with Gasteiger partial charge < -0.3 is 15.5 Å². The molecule has 9 heteroatoms. The average Bonchev–Trinajstić information content (AvgIpc) is 2.93. The second-order valence-corrected chi connectivity index (χ2v) is 8.90.